The van der Waals surface area contributed by atoms with Crippen LogP contribution in [0.1, 0.15) is 52.0 Å². The summed E-state index contributed by atoms with van der Waals surface area (Å²) in [4.78, 5) is 0. The highest BCUT2D eigenvalue weighted by Crippen LogP contribution is 2.34. The zero-order valence-corrected chi connectivity index (χ0v) is 16.1. The van der Waals surface area contributed by atoms with Crippen LogP contribution in [0.3, 0.4) is 0 Å². The molecule has 2 aromatic carbocycles. The molecule has 0 saturated carbocycles. The lowest BCUT2D eigenvalue weighted by Gasteiger charge is -2.15. The molecule has 2 aromatic rings. The van der Waals surface area contributed by atoms with E-state index in [0.717, 1.165) is 44.3 Å². The highest BCUT2D eigenvalue weighted by molar-refractivity contribution is 5.50. The van der Waals surface area contributed by atoms with Gasteiger partial charge in [0.1, 0.15) is 0 Å². The standard InChI is InChI=1S/C22H30FNO2/c1-4-7-13-24-18-10-12-20(19(23)16-18)26-21-11-9-17(6-3)15-22(21)25-14-8-5-2/h9-12,15-16,24H,4-8,13-14H2,1-3H3. The fourth-order valence-electron chi connectivity index (χ4n) is 2.52. The van der Waals surface area contributed by atoms with Crippen molar-refractivity contribution in [2.45, 2.75) is 52.9 Å². The molecule has 26 heavy (non-hydrogen) atoms. The normalized spacial score (nSPS) is 10.6. The van der Waals surface area contributed by atoms with Crippen molar-refractivity contribution in [3.8, 4) is 17.2 Å². The summed E-state index contributed by atoms with van der Waals surface area (Å²) in [5.41, 5.74) is 1.93. The molecule has 0 radical (unpaired) electrons. The number of benzene rings is 2. The SMILES string of the molecule is CCCCNc1ccc(Oc2ccc(CC)cc2OCCCC)c(F)c1. The summed E-state index contributed by atoms with van der Waals surface area (Å²) in [6.45, 7) is 7.81. The van der Waals surface area contributed by atoms with Crippen molar-refractivity contribution < 1.29 is 13.9 Å². The van der Waals surface area contributed by atoms with Gasteiger partial charge in [0.2, 0.25) is 0 Å². The van der Waals surface area contributed by atoms with Gasteiger partial charge < -0.3 is 14.8 Å². The molecule has 0 aliphatic carbocycles. The van der Waals surface area contributed by atoms with Crippen LogP contribution in [0.4, 0.5) is 10.1 Å². The summed E-state index contributed by atoms with van der Waals surface area (Å²) >= 11 is 0. The van der Waals surface area contributed by atoms with E-state index in [1.807, 2.05) is 24.3 Å². The number of hydrogen-bond donors (Lipinski definition) is 1. The average molecular weight is 359 g/mol. The van der Waals surface area contributed by atoms with Crippen LogP contribution in [0.5, 0.6) is 17.2 Å². The van der Waals surface area contributed by atoms with E-state index in [-0.39, 0.29) is 11.6 Å². The van der Waals surface area contributed by atoms with Gasteiger partial charge in [0.15, 0.2) is 23.1 Å². The minimum Gasteiger partial charge on any atom is -0.490 e. The van der Waals surface area contributed by atoms with Crippen LogP contribution in [0.25, 0.3) is 0 Å². The van der Waals surface area contributed by atoms with Crippen molar-refractivity contribution in [2.24, 2.45) is 0 Å². The van der Waals surface area contributed by atoms with Gasteiger partial charge in [-0.3, -0.25) is 0 Å². The zero-order valence-electron chi connectivity index (χ0n) is 16.1. The number of ether oxygens (including phenoxy) is 2. The number of nitrogens with one attached hydrogen (secondary N) is 1. The molecule has 0 spiro atoms. The quantitative estimate of drug-likeness (QED) is 0.460. The third kappa shape index (κ3) is 5.94. The number of aryl methyl sites for hydroxylation is 1. The van der Waals surface area contributed by atoms with Crippen LogP contribution in [0.15, 0.2) is 36.4 Å². The molecule has 2 rings (SSSR count). The van der Waals surface area contributed by atoms with Crippen LogP contribution >= 0.6 is 0 Å². The fourth-order valence-corrected chi connectivity index (χ4v) is 2.52. The molecule has 0 saturated heterocycles. The van der Waals surface area contributed by atoms with E-state index in [9.17, 15) is 4.39 Å². The average Bonchev–Trinajstić information content (AvgIpc) is 2.65. The van der Waals surface area contributed by atoms with Gasteiger partial charge in [-0.1, -0.05) is 39.7 Å². The predicted octanol–water partition coefficient (Wildman–Crippen LogP) is 6.57. The molecule has 0 aromatic heterocycles. The van der Waals surface area contributed by atoms with Gasteiger partial charge in [0, 0.05) is 18.3 Å². The maximum absolute atomic E-state index is 14.4. The minimum absolute atomic E-state index is 0.204. The summed E-state index contributed by atoms with van der Waals surface area (Å²) in [6.07, 6.45) is 5.11. The van der Waals surface area contributed by atoms with E-state index in [2.05, 4.69) is 26.1 Å². The Morgan fingerprint density at radius 1 is 0.885 bits per heavy atom. The molecule has 0 aliphatic rings. The Labute approximate surface area is 156 Å². The number of rotatable bonds is 11. The second-order valence-electron chi connectivity index (χ2n) is 6.36. The van der Waals surface area contributed by atoms with Gasteiger partial charge in [-0.2, -0.15) is 0 Å². The maximum Gasteiger partial charge on any atom is 0.169 e. The summed E-state index contributed by atoms with van der Waals surface area (Å²) in [5, 5.41) is 3.22. The molecule has 0 heterocycles. The molecule has 0 atom stereocenters. The second kappa shape index (κ2) is 10.7. The first-order valence-electron chi connectivity index (χ1n) is 9.64. The van der Waals surface area contributed by atoms with E-state index >= 15 is 0 Å². The van der Waals surface area contributed by atoms with E-state index in [4.69, 9.17) is 9.47 Å². The molecular formula is C22H30FNO2. The van der Waals surface area contributed by atoms with Crippen molar-refractivity contribution in [3.05, 3.63) is 47.8 Å². The summed E-state index contributed by atoms with van der Waals surface area (Å²) < 4.78 is 26.1. The lowest BCUT2D eigenvalue weighted by atomic mass is 10.1. The van der Waals surface area contributed by atoms with Gasteiger partial charge in [-0.05, 0) is 49.1 Å². The smallest absolute Gasteiger partial charge is 0.169 e. The molecule has 0 bridgehead atoms. The Hall–Kier alpha value is -2.23. The molecule has 1 N–H and O–H groups in total. The first kappa shape index (κ1) is 20.1. The van der Waals surface area contributed by atoms with E-state index in [1.165, 1.54) is 11.6 Å². The lowest BCUT2D eigenvalue weighted by molar-refractivity contribution is 0.293. The van der Waals surface area contributed by atoms with Crippen LogP contribution in [0.2, 0.25) is 0 Å². The summed E-state index contributed by atoms with van der Waals surface area (Å²) in [6, 6.07) is 10.8. The minimum atomic E-state index is -0.384. The van der Waals surface area contributed by atoms with Crippen molar-refractivity contribution in [1.29, 1.82) is 0 Å². The van der Waals surface area contributed by atoms with Crippen molar-refractivity contribution in [3.63, 3.8) is 0 Å². The van der Waals surface area contributed by atoms with Gasteiger partial charge in [0.25, 0.3) is 0 Å². The highest BCUT2D eigenvalue weighted by atomic mass is 19.1. The maximum atomic E-state index is 14.4. The van der Waals surface area contributed by atoms with E-state index in [0.29, 0.717) is 18.1 Å². The van der Waals surface area contributed by atoms with Crippen molar-refractivity contribution in [2.75, 3.05) is 18.5 Å². The summed E-state index contributed by atoms with van der Waals surface area (Å²) in [7, 11) is 0. The second-order valence-corrected chi connectivity index (χ2v) is 6.36. The largest absolute Gasteiger partial charge is 0.490 e. The number of hydrogen-bond acceptors (Lipinski definition) is 3. The third-order valence-corrected chi connectivity index (χ3v) is 4.18. The summed E-state index contributed by atoms with van der Waals surface area (Å²) in [5.74, 6) is 1.03. The lowest BCUT2D eigenvalue weighted by Crippen LogP contribution is -2.02. The Morgan fingerprint density at radius 2 is 1.65 bits per heavy atom. The van der Waals surface area contributed by atoms with Crippen molar-refractivity contribution in [1.82, 2.24) is 0 Å². The first-order valence-corrected chi connectivity index (χ1v) is 9.64. The van der Waals surface area contributed by atoms with Crippen LogP contribution in [0, 0.1) is 5.82 Å². The molecule has 0 unspecified atom stereocenters. The molecule has 0 aliphatic heterocycles. The van der Waals surface area contributed by atoms with E-state index < -0.39 is 0 Å². The number of unbranched alkanes of at least 4 members (excludes halogenated alkanes) is 2. The number of anilines is 1. The van der Waals surface area contributed by atoms with E-state index in [1.54, 1.807) is 6.07 Å². The van der Waals surface area contributed by atoms with Gasteiger partial charge >= 0.3 is 0 Å². The van der Waals surface area contributed by atoms with Crippen molar-refractivity contribution >= 4 is 5.69 Å². The van der Waals surface area contributed by atoms with Gasteiger partial charge in [-0.25, -0.2) is 4.39 Å². The Balaban J connectivity index is 2.13. The fraction of sp³-hybridized carbons (Fsp3) is 0.455. The zero-order chi connectivity index (χ0) is 18.8. The Morgan fingerprint density at radius 3 is 2.35 bits per heavy atom. The van der Waals surface area contributed by atoms with Crippen LogP contribution in [-0.2, 0) is 6.42 Å². The molecular weight excluding hydrogens is 329 g/mol. The van der Waals surface area contributed by atoms with Gasteiger partial charge in [-0.15, -0.1) is 0 Å². The number of halogens is 1. The van der Waals surface area contributed by atoms with Gasteiger partial charge in [0.05, 0.1) is 6.61 Å². The van der Waals surface area contributed by atoms with Crippen LogP contribution in [-0.4, -0.2) is 13.2 Å². The molecule has 3 nitrogen and oxygen atoms in total. The Kier molecular flexibility index (Phi) is 8.26. The molecule has 142 valence electrons. The molecule has 0 amide bonds. The predicted molar refractivity (Wildman–Crippen MR) is 106 cm³/mol. The molecule has 0 fully saturated rings. The highest BCUT2D eigenvalue weighted by Gasteiger charge is 2.11. The Bertz CT molecular complexity index is 688. The molecule has 4 heteroatoms. The monoisotopic (exact) mass is 359 g/mol. The first-order chi connectivity index (χ1) is 12.7. The topological polar surface area (TPSA) is 30.5 Å². The van der Waals surface area contributed by atoms with Crippen LogP contribution < -0.4 is 14.8 Å². The third-order valence-electron chi connectivity index (χ3n) is 4.18.